The Bertz CT molecular complexity index is 737. The average molecular weight is 250 g/mol. The van der Waals surface area contributed by atoms with Crippen molar-refractivity contribution in [1.29, 1.82) is 0 Å². The molecule has 94 valence electrons. The predicted octanol–water partition coefficient (Wildman–Crippen LogP) is 3.45. The van der Waals surface area contributed by atoms with Gasteiger partial charge in [-0.1, -0.05) is 35.5 Å². The number of hydrogen-bond donors (Lipinski definition) is 0. The summed E-state index contributed by atoms with van der Waals surface area (Å²) in [5.74, 6) is 0.944. The normalized spacial score (nSPS) is 13.1. The quantitative estimate of drug-likeness (QED) is 0.662. The summed E-state index contributed by atoms with van der Waals surface area (Å²) in [5, 5.41) is 3.93. The molecule has 0 atom stereocenters. The Morgan fingerprint density at radius 1 is 1.16 bits per heavy atom. The first kappa shape index (κ1) is 10.6. The lowest BCUT2D eigenvalue weighted by Gasteiger charge is -2.12. The molecular weight excluding hydrogens is 236 g/mol. The highest BCUT2D eigenvalue weighted by atomic mass is 16.5. The van der Waals surface area contributed by atoms with Crippen LogP contribution in [0.5, 0.6) is 0 Å². The van der Waals surface area contributed by atoms with Gasteiger partial charge in [0.2, 0.25) is 0 Å². The van der Waals surface area contributed by atoms with Gasteiger partial charge < -0.3 is 9.09 Å². The third kappa shape index (κ3) is 1.48. The monoisotopic (exact) mass is 250 g/mol. The minimum Gasteiger partial charge on any atom is -0.356 e. The smallest absolute Gasteiger partial charge is 0.171 e. The average Bonchev–Trinajstić information content (AvgIpc) is 3.02. The van der Waals surface area contributed by atoms with Gasteiger partial charge in [0, 0.05) is 24.4 Å². The highest BCUT2D eigenvalue weighted by Gasteiger charge is 2.25. The molecule has 2 heterocycles. The van der Waals surface area contributed by atoms with Gasteiger partial charge >= 0.3 is 0 Å². The maximum atomic E-state index is 5.42. The van der Waals surface area contributed by atoms with Crippen LogP contribution in [0, 0.1) is 0 Å². The molecule has 2 aromatic heterocycles. The molecule has 0 saturated carbocycles. The minimum absolute atomic E-state index is 0.944. The number of hydrogen-bond acceptors (Lipinski definition) is 2. The summed E-state index contributed by atoms with van der Waals surface area (Å²) in [5.41, 5.74) is 6.34. The van der Waals surface area contributed by atoms with E-state index in [1.807, 2.05) is 12.3 Å². The van der Waals surface area contributed by atoms with Crippen LogP contribution >= 0.6 is 0 Å². The van der Waals surface area contributed by atoms with Gasteiger partial charge in [-0.2, -0.15) is 0 Å². The fourth-order valence-corrected chi connectivity index (χ4v) is 3.02. The van der Waals surface area contributed by atoms with Crippen molar-refractivity contribution in [2.75, 3.05) is 0 Å². The van der Waals surface area contributed by atoms with Gasteiger partial charge in [0.1, 0.15) is 0 Å². The van der Waals surface area contributed by atoms with Crippen LogP contribution in [0.3, 0.4) is 0 Å². The second-order valence-corrected chi connectivity index (χ2v) is 5.03. The molecule has 1 aliphatic rings. The summed E-state index contributed by atoms with van der Waals surface area (Å²) >= 11 is 0. The van der Waals surface area contributed by atoms with Crippen LogP contribution in [0.2, 0.25) is 0 Å². The summed E-state index contributed by atoms with van der Waals surface area (Å²) in [6.45, 7) is 0. The van der Waals surface area contributed by atoms with E-state index in [9.17, 15) is 0 Å². The van der Waals surface area contributed by atoms with Crippen molar-refractivity contribution >= 4 is 0 Å². The van der Waals surface area contributed by atoms with Crippen LogP contribution in [0.1, 0.15) is 11.1 Å². The van der Waals surface area contributed by atoms with E-state index in [1.54, 1.807) is 0 Å². The number of rotatable bonds is 1. The van der Waals surface area contributed by atoms with Gasteiger partial charge in [-0.25, -0.2) is 0 Å². The third-order valence-electron chi connectivity index (χ3n) is 3.87. The van der Waals surface area contributed by atoms with E-state index in [1.165, 1.54) is 27.9 Å². The van der Waals surface area contributed by atoms with Crippen molar-refractivity contribution in [2.24, 2.45) is 7.05 Å². The predicted molar refractivity (Wildman–Crippen MR) is 73.8 cm³/mol. The molecule has 1 aromatic carbocycles. The van der Waals surface area contributed by atoms with Crippen LogP contribution in [0.4, 0.5) is 0 Å². The maximum absolute atomic E-state index is 5.42. The van der Waals surface area contributed by atoms with Gasteiger partial charge in [-0.15, -0.1) is 0 Å². The summed E-state index contributed by atoms with van der Waals surface area (Å²) in [7, 11) is 2.09. The zero-order chi connectivity index (χ0) is 12.8. The van der Waals surface area contributed by atoms with Crippen molar-refractivity contribution in [3.8, 4) is 22.6 Å². The topological polar surface area (TPSA) is 31.0 Å². The summed E-state index contributed by atoms with van der Waals surface area (Å²) < 4.78 is 7.62. The standard InChI is InChI=1S/C16H14N2O/c1-18-10-14-13(8-7-12-9-17-19-16(12)14)15(18)11-5-3-2-4-6-11/h2-6,9-10H,7-8H2,1H3. The molecule has 1 aliphatic carbocycles. The highest BCUT2D eigenvalue weighted by molar-refractivity contribution is 5.78. The first-order chi connectivity index (χ1) is 9.34. The fourth-order valence-electron chi connectivity index (χ4n) is 3.02. The number of benzene rings is 1. The molecule has 3 aromatic rings. The molecular formula is C16H14N2O. The van der Waals surface area contributed by atoms with Gasteiger partial charge in [-0.3, -0.25) is 0 Å². The summed E-state index contributed by atoms with van der Waals surface area (Å²) in [6, 6.07) is 10.5. The van der Waals surface area contributed by atoms with E-state index in [2.05, 4.69) is 47.2 Å². The minimum atomic E-state index is 0.944. The molecule has 3 nitrogen and oxygen atoms in total. The first-order valence-corrected chi connectivity index (χ1v) is 6.52. The van der Waals surface area contributed by atoms with E-state index < -0.39 is 0 Å². The van der Waals surface area contributed by atoms with Crippen LogP contribution < -0.4 is 0 Å². The lowest BCUT2D eigenvalue weighted by atomic mass is 9.91. The molecule has 0 bridgehead atoms. The summed E-state index contributed by atoms with van der Waals surface area (Å²) in [4.78, 5) is 0. The molecule has 0 unspecified atom stereocenters. The van der Waals surface area contributed by atoms with Crippen LogP contribution in [0.25, 0.3) is 22.6 Å². The van der Waals surface area contributed by atoms with E-state index in [0.717, 1.165) is 18.6 Å². The van der Waals surface area contributed by atoms with E-state index >= 15 is 0 Å². The van der Waals surface area contributed by atoms with Crippen LogP contribution in [-0.4, -0.2) is 9.72 Å². The Balaban J connectivity index is 1.97. The van der Waals surface area contributed by atoms with E-state index in [4.69, 9.17) is 4.52 Å². The number of nitrogens with zero attached hydrogens (tertiary/aromatic N) is 2. The van der Waals surface area contributed by atoms with Crippen molar-refractivity contribution in [2.45, 2.75) is 12.8 Å². The van der Waals surface area contributed by atoms with Gasteiger partial charge in [0.25, 0.3) is 0 Å². The molecule has 4 rings (SSSR count). The second kappa shape index (κ2) is 3.85. The van der Waals surface area contributed by atoms with Crippen molar-refractivity contribution < 1.29 is 4.52 Å². The molecule has 0 aliphatic heterocycles. The number of aromatic nitrogens is 2. The van der Waals surface area contributed by atoms with Gasteiger partial charge in [0.05, 0.1) is 11.9 Å². The number of fused-ring (bicyclic) bond motifs is 3. The zero-order valence-corrected chi connectivity index (χ0v) is 10.8. The van der Waals surface area contributed by atoms with Crippen molar-refractivity contribution in [3.63, 3.8) is 0 Å². The molecule has 0 saturated heterocycles. The van der Waals surface area contributed by atoms with Gasteiger partial charge in [-0.05, 0) is 24.0 Å². The Hall–Kier alpha value is -2.29. The van der Waals surface area contributed by atoms with Gasteiger partial charge in [0.15, 0.2) is 5.76 Å². The Kier molecular flexibility index (Phi) is 2.15. The third-order valence-corrected chi connectivity index (χ3v) is 3.87. The van der Waals surface area contributed by atoms with E-state index in [0.29, 0.717) is 0 Å². The first-order valence-electron chi connectivity index (χ1n) is 6.52. The molecule has 19 heavy (non-hydrogen) atoms. The van der Waals surface area contributed by atoms with Crippen LogP contribution in [0.15, 0.2) is 47.2 Å². The SMILES string of the molecule is Cn1cc2c(c1-c1ccccc1)CCc1cnoc1-2. The van der Waals surface area contributed by atoms with Crippen LogP contribution in [-0.2, 0) is 19.9 Å². The van der Waals surface area contributed by atoms with Crippen molar-refractivity contribution in [1.82, 2.24) is 9.72 Å². The fraction of sp³-hybridized carbons (Fsp3) is 0.188. The lowest BCUT2D eigenvalue weighted by Crippen LogP contribution is -2.01. The molecule has 0 amide bonds. The largest absolute Gasteiger partial charge is 0.356 e. The Morgan fingerprint density at radius 3 is 2.84 bits per heavy atom. The number of aryl methyl sites for hydroxylation is 2. The van der Waals surface area contributed by atoms with Crippen molar-refractivity contribution in [3.05, 3.63) is 53.9 Å². The van der Waals surface area contributed by atoms with E-state index in [-0.39, 0.29) is 0 Å². The second-order valence-electron chi connectivity index (χ2n) is 5.03. The molecule has 3 heteroatoms. The lowest BCUT2D eigenvalue weighted by molar-refractivity contribution is 0.430. The Morgan fingerprint density at radius 2 is 2.00 bits per heavy atom. The highest BCUT2D eigenvalue weighted by Crippen LogP contribution is 2.39. The molecule has 0 radical (unpaired) electrons. The Labute approximate surface area is 111 Å². The maximum Gasteiger partial charge on any atom is 0.171 e. The zero-order valence-electron chi connectivity index (χ0n) is 10.8. The molecule has 0 fully saturated rings. The molecule has 0 N–H and O–H groups in total. The molecule has 0 spiro atoms. The summed E-state index contributed by atoms with van der Waals surface area (Å²) in [6.07, 6.45) is 6.05.